The van der Waals surface area contributed by atoms with Crippen LogP contribution in [0.1, 0.15) is 44.1 Å². The van der Waals surface area contributed by atoms with Crippen LogP contribution in [0.25, 0.3) is 0 Å². The average Bonchev–Trinajstić information content (AvgIpc) is 2.75. The van der Waals surface area contributed by atoms with Gasteiger partial charge >= 0.3 is 0 Å². The molecule has 170 valence electrons. The minimum atomic E-state index is 0. The third kappa shape index (κ3) is 10.5. The highest BCUT2D eigenvalue weighted by Gasteiger charge is 2.13. The summed E-state index contributed by atoms with van der Waals surface area (Å²) in [6.45, 7) is 2.23. The molecule has 2 N–H and O–H groups in total. The van der Waals surface area contributed by atoms with E-state index in [9.17, 15) is 4.79 Å². The zero-order valence-electron chi connectivity index (χ0n) is 18.5. The number of likely N-dealkylation sites (N-methyl/N-ethyl adjacent to an activating group) is 1. The van der Waals surface area contributed by atoms with Gasteiger partial charge in [-0.25, -0.2) is 4.99 Å². The van der Waals surface area contributed by atoms with Crippen molar-refractivity contribution >= 4 is 35.8 Å². The smallest absolute Gasteiger partial charge is 0.241 e. The predicted octanol–water partition coefficient (Wildman–Crippen LogP) is 3.18. The molecule has 1 aliphatic carbocycles. The summed E-state index contributed by atoms with van der Waals surface area (Å²) in [7, 11) is 5.14. The molecule has 0 bridgehead atoms. The second kappa shape index (κ2) is 15.3. The average molecular weight is 532 g/mol. The van der Waals surface area contributed by atoms with Gasteiger partial charge in [0, 0.05) is 27.2 Å². The van der Waals surface area contributed by atoms with E-state index in [1.807, 2.05) is 24.3 Å². The van der Waals surface area contributed by atoms with Crippen LogP contribution in [0.4, 0.5) is 0 Å². The minimum Gasteiger partial charge on any atom is -0.497 e. The number of benzene rings is 1. The van der Waals surface area contributed by atoms with Crippen LogP contribution in [0.15, 0.2) is 29.3 Å². The molecule has 0 atom stereocenters. The third-order valence-corrected chi connectivity index (χ3v) is 5.00. The van der Waals surface area contributed by atoms with Gasteiger partial charge in [0.15, 0.2) is 5.96 Å². The van der Waals surface area contributed by atoms with Gasteiger partial charge in [-0.15, -0.1) is 24.0 Å². The van der Waals surface area contributed by atoms with Gasteiger partial charge in [0.1, 0.15) is 5.75 Å². The topological polar surface area (TPSA) is 75.2 Å². The Kier molecular flexibility index (Phi) is 13.5. The first-order valence-electron chi connectivity index (χ1n) is 10.6. The molecule has 0 aromatic heterocycles. The number of nitrogens with one attached hydrogen (secondary N) is 2. The Morgan fingerprint density at radius 2 is 1.83 bits per heavy atom. The second-order valence-corrected chi connectivity index (χ2v) is 7.57. The van der Waals surface area contributed by atoms with Crippen LogP contribution in [0.5, 0.6) is 5.75 Å². The number of nitrogens with zero attached hydrogens (tertiary/aromatic N) is 2. The summed E-state index contributed by atoms with van der Waals surface area (Å²) >= 11 is 0. The van der Waals surface area contributed by atoms with E-state index < -0.39 is 0 Å². The van der Waals surface area contributed by atoms with E-state index in [4.69, 9.17) is 9.47 Å². The summed E-state index contributed by atoms with van der Waals surface area (Å²) in [4.78, 5) is 18.1. The van der Waals surface area contributed by atoms with Crippen molar-refractivity contribution in [3.63, 3.8) is 0 Å². The predicted molar refractivity (Wildman–Crippen MR) is 132 cm³/mol. The van der Waals surface area contributed by atoms with Crippen LogP contribution < -0.4 is 15.4 Å². The summed E-state index contributed by atoms with van der Waals surface area (Å²) in [5.41, 5.74) is 1.08. The van der Waals surface area contributed by atoms with E-state index in [1.54, 1.807) is 26.1 Å². The van der Waals surface area contributed by atoms with Crippen LogP contribution in [-0.2, 0) is 16.1 Å². The standard InChI is InChI=1S/C22H36N4O3.HI/c1-26(2)21(27)17-25-22(24-16-18-10-12-19(28-3)13-11-18)23-14-7-15-29-20-8-5-4-6-9-20;/h10-13,20H,4-9,14-17H2,1-3H3,(H2,23,24,25);1H. The van der Waals surface area contributed by atoms with E-state index in [0.29, 0.717) is 18.6 Å². The number of ether oxygens (including phenoxy) is 2. The molecule has 1 aromatic carbocycles. The highest BCUT2D eigenvalue weighted by molar-refractivity contribution is 14.0. The largest absolute Gasteiger partial charge is 0.497 e. The van der Waals surface area contributed by atoms with E-state index in [-0.39, 0.29) is 36.4 Å². The van der Waals surface area contributed by atoms with Crippen LogP contribution in [0.2, 0.25) is 0 Å². The normalized spacial score (nSPS) is 14.6. The van der Waals surface area contributed by atoms with Crippen molar-refractivity contribution in [2.75, 3.05) is 40.9 Å². The molecule has 0 radical (unpaired) electrons. The van der Waals surface area contributed by atoms with Gasteiger partial charge < -0.3 is 25.0 Å². The van der Waals surface area contributed by atoms with Gasteiger partial charge in [0.2, 0.25) is 5.91 Å². The number of carbonyl (C=O) groups excluding carboxylic acids is 1. The van der Waals surface area contributed by atoms with Crippen molar-refractivity contribution in [2.24, 2.45) is 4.99 Å². The van der Waals surface area contributed by atoms with Gasteiger partial charge in [-0.1, -0.05) is 31.4 Å². The monoisotopic (exact) mass is 532 g/mol. The Morgan fingerprint density at radius 3 is 2.47 bits per heavy atom. The number of carbonyl (C=O) groups is 1. The lowest BCUT2D eigenvalue weighted by Gasteiger charge is -2.22. The Labute approximate surface area is 198 Å². The fraction of sp³-hybridized carbons (Fsp3) is 0.636. The third-order valence-electron chi connectivity index (χ3n) is 5.00. The molecule has 30 heavy (non-hydrogen) atoms. The van der Waals surface area contributed by atoms with Crippen molar-refractivity contribution < 1.29 is 14.3 Å². The van der Waals surface area contributed by atoms with Gasteiger partial charge in [-0.3, -0.25) is 4.79 Å². The summed E-state index contributed by atoms with van der Waals surface area (Å²) < 4.78 is 11.2. The Bertz CT molecular complexity index is 632. The van der Waals surface area contributed by atoms with Gasteiger partial charge in [0.25, 0.3) is 0 Å². The zero-order valence-corrected chi connectivity index (χ0v) is 20.8. The van der Waals surface area contributed by atoms with E-state index >= 15 is 0 Å². The molecule has 1 fully saturated rings. The summed E-state index contributed by atoms with van der Waals surface area (Å²) in [5, 5.41) is 6.42. The van der Waals surface area contributed by atoms with Crippen LogP contribution in [-0.4, -0.2) is 63.8 Å². The first kappa shape index (κ1) is 26.5. The Balaban J connectivity index is 0.00000450. The SMILES string of the molecule is COc1ccc(CN=C(NCCCOC2CCCCC2)NCC(=O)N(C)C)cc1.I. The molecule has 0 heterocycles. The van der Waals surface area contributed by atoms with E-state index in [1.165, 1.54) is 32.1 Å². The summed E-state index contributed by atoms with van der Waals surface area (Å²) in [5.74, 6) is 1.46. The second-order valence-electron chi connectivity index (χ2n) is 7.57. The molecule has 1 aliphatic rings. The lowest BCUT2D eigenvalue weighted by atomic mass is 9.98. The number of rotatable bonds is 10. The molecule has 0 aliphatic heterocycles. The van der Waals surface area contributed by atoms with Gasteiger partial charge in [-0.2, -0.15) is 0 Å². The number of halogens is 1. The lowest BCUT2D eigenvalue weighted by Crippen LogP contribution is -2.43. The van der Waals surface area contributed by atoms with Crippen LogP contribution in [0, 0.1) is 0 Å². The first-order valence-corrected chi connectivity index (χ1v) is 10.6. The summed E-state index contributed by atoms with van der Waals surface area (Å²) in [6, 6.07) is 7.82. The number of aliphatic imine (C=N–C) groups is 1. The minimum absolute atomic E-state index is 0. The molecule has 1 saturated carbocycles. The van der Waals surface area contributed by atoms with Gasteiger partial charge in [0.05, 0.1) is 26.3 Å². The molecule has 2 rings (SSSR count). The van der Waals surface area contributed by atoms with E-state index in [2.05, 4.69) is 15.6 Å². The lowest BCUT2D eigenvalue weighted by molar-refractivity contribution is -0.127. The van der Waals surface area contributed by atoms with Crippen molar-refractivity contribution in [2.45, 2.75) is 51.2 Å². The maximum atomic E-state index is 11.9. The Hall–Kier alpha value is -1.55. The van der Waals surface area contributed by atoms with Crippen LogP contribution in [0.3, 0.4) is 0 Å². The Morgan fingerprint density at radius 1 is 1.13 bits per heavy atom. The van der Waals surface area contributed by atoms with Crippen molar-refractivity contribution in [1.82, 2.24) is 15.5 Å². The highest BCUT2D eigenvalue weighted by atomic mass is 127. The molecule has 0 spiro atoms. The maximum absolute atomic E-state index is 11.9. The first-order chi connectivity index (χ1) is 14.1. The highest BCUT2D eigenvalue weighted by Crippen LogP contribution is 2.20. The molecule has 1 amide bonds. The molecule has 0 unspecified atom stereocenters. The number of amides is 1. The van der Waals surface area contributed by atoms with Crippen LogP contribution >= 0.6 is 24.0 Å². The molecule has 7 nitrogen and oxygen atoms in total. The molecule has 1 aromatic rings. The number of guanidine groups is 1. The number of hydrogen-bond donors (Lipinski definition) is 2. The molecular formula is C22H37IN4O3. The quantitative estimate of drug-likeness (QED) is 0.210. The number of methoxy groups -OCH3 is 1. The van der Waals surface area contributed by atoms with Gasteiger partial charge in [-0.05, 0) is 37.0 Å². The van der Waals surface area contributed by atoms with Crippen molar-refractivity contribution in [3.8, 4) is 5.75 Å². The van der Waals surface area contributed by atoms with Crippen molar-refractivity contribution in [3.05, 3.63) is 29.8 Å². The van der Waals surface area contributed by atoms with Crippen molar-refractivity contribution in [1.29, 1.82) is 0 Å². The van der Waals surface area contributed by atoms with E-state index in [0.717, 1.165) is 30.9 Å². The molecular weight excluding hydrogens is 495 g/mol. The molecule has 0 saturated heterocycles. The fourth-order valence-electron chi connectivity index (χ4n) is 3.15. The zero-order chi connectivity index (χ0) is 20.9. The molecule has 8 heteroatoms. The fourth-order valence-corrected chi connectivity index (χ4v) is 3.15. The number of hydrogen-bond acceptors (Lipinski definition) is 4. The summed E-state index contributed by atoms with van der Waals surface area (Å²) in [6.07, 6.45) is 7.63. The maximum Gasteiger partial charge on any atom is 0.241 e.